The topological polar surface area (TPSA) is 71.5 Å². The maximum atomic E-state index is 13.0. The Morgan fingerprint density at radius 2 is 2.04 bits per heavy atom. The third-order valence-corrected chi connectivity index (χ3v) is 4.62. The zero-order valence-electron chi connectivity index (χ0n) is 15.5. The quantitative estimate of drug-likeness (QED) is 0.630. The van der Waals surface area contributed by atoms with Crippen molar-refractivity contribution in [2.75, 3.05) is 31.6 Å². The van der Waals surface area contributed by atoms with Crippen LogP contribution in [-0.4, -0.2) is 48.0 Å². The standard InChI is InChI=1S/C19H24FN3O3S/c1-3-26-10-4-9-23(12-17(24)22-19-21-14(2)13-27-19)18(25)11-15-5-7-16(20)8-6-15/h5-8,13H,3-4,9-12H2,1-2H3,(H,21,22,24). The van der Waals surface area contributed by atoms with Gasteiger partial charge in [-0.25, -0.2) is 9.37 Å². The first-order chi connectivity index (χ1) is 13.0. The highest BCUT2D eigenvalue weighted by Crippen LogP contribution is 2.14. The van der Waals surface area contributed by atoms with E-state index in [-0.39, 0.29) is 30.6 Å². The van der Waals surface area contributed by atoms with Gasteiger partial charge >= 0.3 is 0 Å². The predicted molar refractivity (Wildman–Crippen MR) is 103 cm³/mol. The summed E-state index contributed by atoms with van der Waals surface area (Å²) in [4.78, 5) is 30.6. The molecule has 0 aliphatic carbocycles. The van der Waals surface area contributed by atoms with Crippen LogP contribution < -0.4 is 5.32 Å². The summed E-state index contributed by atoms with van der Waals surface area (Å²) in [5.41, 5.74) is 1.53. The van der Waals surface area contributed by atoms with E-state index in [9.17, 15) is 14.0 Å². The van der Waals surface area contributed by atoms with Crippen molar-refractivity contribution in [1.82, 2.24) is 9.88 Å². The number of benzene rings is 1. The molecule has 0 spiro atoms. The monoisotopic (exact) mass is 393 g/mol. The minimum Gasteiger partial charge on any atom is -0.382 e. The molecule has 6 nitrogen and oxygen atoms in total. The molecule has 0 unspecified atom stereocenters. The molecule has 0 aliphatic rings. The number of halogens is 1. The molecule has 0 fully saturated rings. The number of thiazole rings is 1. The van der Waals surface area contributed by atoms with Gasteiger partial charge in [0.25, 0.3) is 0 Å². The molecule has 0 saturated carbocycles. The van der Waals surface area contributed by atoms with E-state index in [0.29, 0.717) is 36.9 Å². The van der Waals surface area contributed by atoms with Gasteiger partial charge in [-0.1, -0.05) is 12.1 Å². The van der Waals surface area contributed by atoms with Gasteiger partial charge in [-0.05, 0) is 38.0 Å². The molecule has 2 aromatic rings. The van der Waals surface area contributed by atoms with Crippen molar-refractivity contribution in [3.05, 3.63) is 46.7 Å². The van der Waals surface area contributed by atoms with Crippen molar-refractivity contribution in [3.8, 4) is 0 Å². The van der Waals surface area contributed by atoms with Gasteiger partial charge in [0.2, 0.25) is 11.8 Å². The van der Waals surface area contributed by atoms with Crippen LogP contribution in [0.4, 0.5) is 9.52 Å². The minimum absolute atomic E-state index is 0.0647. The molecule has 8 heteroatoms. The predicted octanol–water partition coefficient (Wildman–Crippen LogP) is 3.03. The molecule has 0 bridgehead atoms. The summed E-state index contributed by atoms with van der Waals surface area (Å²) in [5.74, 6) is -0.838. The lowest BCUT2D eigenvalue weighted by molar-refractivity contribution is -0.134. The van der Waals surface area contributed by atoms with Crippen LogP contribution in [0.5, 0.6) is 0 Å². The molecular weight excluding hydrogens is 369 g/mol. The summed E-state index contributed by atoms with van der Waals surface area (Å²) in [6.07, 6.45) is 0.741. The summed E-state index contributed by atoms with van der Waals surface area (Å²) in [5, 5.41) is 5.07. The lowest BCUT2D eigenvalue weighted by Crippen LogP contribution is -2.39. The van der Waals surface area contributed by atoms with Gasteiger partial charge in [0.15, 0.2) is 5.13 Å². The van der Waals surface area contributed by atoms with Crippen molar-refractivity contribution < 1.29 is 18.7 Å². The fraction of sp³-hybridized carbons (Fsp3) is 0.421. The average molecular weight is 393 g/mol. The van der Waals surface area contributed by atoms with E-state index < -0.39 is 0 Å². The largest absolute Gasteiger partial charge is 0.382 e. The number of anilines is 1. The molecule has 146 valence electrons. The normalized spacial score (nSPS) is 10.6. The summed E-state index contributed by atoms with van der Waals surface area (Å²) in [7, 11) is 0. The number of aromatic nitrogens is 1. The van der Waals surface area contributed by atoms with Crippen LogP contribution >= 0.6 is 11.3 Å². The van der Waals surface area contributed by atoms with Gasteiger partial charge < -0.3 is 15.0 Å². The Morgan fingerprint density at radius 3 is 2.67 bits per heavy atom. The Balaban J connectivity index is 1.96. The van der Waals surface area contributed by atoms with E-state index in [1.54, 1.807) is 12.1 Å². The molecule has 0 saturated heterocycles. The molecular formula is C19H24FN3O3S. The number of carbonyl (C=O) groups excluding carboxylic acids is 2. The third kappa shape index (κ3) is 7.44. The van der Waals surface area contributed by atoms with Crippen LogP contribution in [0.15, 0.2) is 29.6 Å². The first kappa shape index (κ1) is 21.0. The van der Waals surface area contributed by atoms with Crippen LogP contribution in [0.1, 0.15) is 24.6 Å². The Hall–Kier alpha value is -2.32. The highest BCUT2D eigenvalue weighted by atomic mass is 32.1. The minimum atomic E-state index is -0.349. The first-order valence-electron chi connectivity index (χ1n) is 8.80. The summed E-state index contributed by atoms with van der Waals surface area (Å²) >= 11 is 1.34. The van der Waals surface area contributed by atoms with E-state index in [4.69, 9.17) is 4.74 Å². The van der Waals surface area contributed by atoms with Crippen LogP contribution in [0.2, 0.25) is 0 Å². The maximum Gasteiger partial charge on any atom is 0.245 e. The van der Waals surface area contributed by atoms with Crippen molar-refractivity contribution in [1.29, 1.82) is 0 Å². The van der Waals surface area contributed by atoms with Crippen molar-refractivity contribution in [2.24, 2.45) is 0 Å². The summed E-state index contributed by atoms with van der Waals surface area (Å²) < 4.78 is 18.3. The fourth-order valence-electron chi connectivity index (χ4n) is 2.43. The van der Waals surface area contributed by atoms with E-state index in [0.717, 1.165) is 5.69 Å². The number of nitrogens with one attached hydrogen (secondary N) is 1. The van der Waals surface area contributed by atoms with E-state index in [2.05, 4.69) is 10.3 Å². The van der Waals surface area contributed by atoms with E-state index in [1.807, 2.05) is 19.2 Å². The number of nitrogens with zero attached hydrogens (tertiary/aromatic N) is 2. The van der Waals surface area contributed by atoms with Gasteiger partial charge in [0, 0.05) is 25.1 Å². The highest BCUT2D eigenvalue weighted by molar-refractivity contribution is 7.13. The van der Waals surface area contributed by atoms with E-state index >= 15 is 0 Å². The molecule has 0 aliphatic heterocycles. The zero-order valence-corrected chi connectivity index (χ0v) is 16.4. The summed E-state index contributed by atoms with van der Waals surface area (Å²) in [6.45, 7) is 5.21. The molecule has 2 amide bonds. The van der Waals surface area contributed by atoms with Crippen molar-refractivity contribution in [2.45, 2.75) is 26.7 Å². The fourth-order valence-corrected chi connectivity index (χ4v) is 3.13. The van der Waals surface area contributed by atoms with Crippen molar-refractivity contribution in [3.63, 3.8) is 0 Å². The molecule has 1 aromatic carbocycles. The average Bonchev–Trinajstić information content (AvgIpc) is 3.04. The number of rotatable bonds is 10. The number of aryl methyl sites for hydroxylation is 1. The number of carbonyl (C=O) groups is 2. The summed E-state index contributed by atoms with van der Waals surface area (Å²) in [6, 6.07) is 5.78. The molecule has 27 heavy (non-hydrogen) atoms. The van der Waals surface area contributed by atoms with Gasteiger partial charge in [-0.15, -0.1) is 11.3 Å². The molecule has 0 atom stereocenters. The zero-order chi connectivity index (χ0) is 19.6. The second-order valence-electron chi connectivity index (χ2n) is 6.01. The van der Waals surface area contributed by atoms with E-state index in [1.165, 1.54) is 28.4 Å². The Labute approximate surface area is 162 Å². The highest BCUT2D eigenvalue weighted by Gasteiger charge is 2.18. The van der Waals surface area contributed by atoms with Crippen LogP contribution in [0, 0.1) is 12.7 Å². The maximum absolute atomic E-state index is 13.0. The number of amides is 2. The smallest absolute Gasteiger partial charge is 0.245 e. The van der Waals surface area contributed by atoms with Gasteiger partial charge in [0.1, 0.15) is 5.82 Å². The van der Waals surface area contributed by atoms with Gasteiger partial charge in [-0.2, -0.15) is 0 Å². The van der Waals surface area contributed by atoms with Gasteiger partial charge in [-0.3, -0.25) is 9.59 Å². The van der Waals surface area contributed by atoms with Crippen LogP contribution in [-0.2, 0) is 20.7 Å². The Bertz CT molecular complexity index is 749. The number of hydrogen-bond acceptors (Lipinski definition) is 5. The van der Waals surface area contributed by atoms with Crippen LogP contribution in [0.3, 0.4) is 0 Å². The van der Waals surface area contributed by atoms with Crippen LogP contribution in [0.25, 0.3) is 0 Å². The second kappa shape index (κ2) is 10.7. The molecule has 1 aromatic heterocycles. The second-order valence-corrected chi connectivity index (χ2v) is 6.87. The lowest BCUT2D eigenvalue weighted by atomic mass is 10.1. The number of hydrogen-bond donors (Lipinski definition) is 1. The van der Waals surface area contributed by atoms with Gasteiger partial charge in [0.05, 0.1) is 18.7 Å². The number of ether oxygens (including phenoxy) is 1. The first-order valence-corrected chi connectivity index (χ1v) is 9.68. The third-order valence-electron chi connectivity index (χ3n) is 3.74. The SMILES string of the molecule is CCOCCCN(CC(=O)Nc1nc(C)cs1)C(=O)Cc1ccc(F)cc1. The molecule has 0 radical (unpaired) electrons. The Morgan fingerprint density at radius 1 is 1.30 bits per heavy atom. The molecule has 2 rings (SSSR count). The molecule has 1 heterocycles. The Kier molecular flexibility index (Phi) is 8.35. The lowest BCUT2D eigenvalue weighted by Gasteiger charge is -2.22. The molecule has 1 N–H and O–H groups in total. The van der Waals surface area contributed by atoms with Crippen molar-refractivity contribution >= 4 is 28.3 Å².